The Labute approximate surface area is 177 Å². The van der Waals surface area contributed by atoms with Gasteiger partial charge in [0.05, 0.1) is 22.3 Å². The second-order valence-electron chi connectivity index (χ2n) is 6.68. The van der Waals surface area contributed by atoms with Crippen molar-refractivity contribution in [3.63, 3.8) is 0 Å². The van der Waals surface area contributed by atoms with Gasteiger partial charge in [0.2, 0.25) is 22.8 Å². The van der Waals surface area contributed by atoms with E-state index >= 15 is 0 Å². The molecule has 2 aliphatic carbocycles. The summed E-state index contributed by atoms with van der Waals surface area (Å²) in [7, 11) is 0. The Hall–Kier alpha value is -2.68. The zero-order valence-corrected chi connectivity index (χ0v) is 16.8. The molecule has 4 aliphatic rings. The van der Waals surface area contributed by atoms with Gasteiger partial charge in [0.15, 0.2) is 0 Å². The van der Waals surface area contributed by atoms with Gasteiger partial charge in [0.1, 0.15) is 0 Å². The molecule has 0 unspecified atom stereocenters. The molecule has 2 aliphatic heterocycles. The van der Waals surface area contributed by atoms with Crippen LogP contribution in [0, 0.1) is 0 Å². The fourth-order valence-corrected chi connectivity index (χ4v) is 3.82. The highest BCUT2D eigenvalue weighted by Crippen LogP contribution is 2.27. The van der Waals surface area contributed by atoms with Gasteiger partial charge in [-0.2, -0.15) is 0 Å². The van der Waals surface area contributed by atoms with E-state index in [4.69, 9.17) is 0 Å². The van der Waals surface area contributed by atoms with Crippen molar-refractivity contribution in [3.05, 3.63) is 96.1 Å². The number of benzene rings is 2. The zero-order chi connectivity index (χ0) is 17.3. The lowest BCUT2D eigenvalue weighted by Gasteiger charge is -1.98. The third-order valence-electron chi connectivity index (χ3n) is 5.04. The van der Waals surface area contributed by atoms with Crippen molar-refractivity contribution in [1.82, 2.24) is 0 Å². The number of allylic oxidation sites excluding steroid dienone is 8. The molecule has 0 amide bonds. The summed E-state index contributed by atoms with van der Waals surface area (Å²) in [6.45, 7) is 0. The van der Waals surface area contributed by atoms with E-state index < -0.39 is 0 Å². The number of nitrogens with one attached hydrogen (secondary N) is 2. The van der Waals surface area contributed by atoms with Gasteiger partial charge in [-0.15, -0.1) is 0 Å². The van der Waals surface area contributed by atoms with Crippen LogP contribution in [0.5, 0.6) is 0 Å². The maximum absolute atomic E-state index is 3.40. The molecule has 0 saturated heterocycles. The van der Waals surface area contributed by atoms with E-state index in [1.807, 2.05) is 0 Å². The summed E-state index contributed by atoms with van der Waals surface area (Å²) in [6.07, 6.45) is 15.3. The topological polar surface area (TPSA) is 27.9 Å². The second kappa shape index (κ2) is 8.55. The van der Waals surface area contributed by atoms with Crippen LogP contribution in [0.25, 0.3) is 11.1 Å². The smallest absolute Gasteiger partial charge is 0.212 e. The molecule has 6 rings (SSSR count). The summed E-state index contributed by atoms with van der Waals surface area (Å²) >= 11 is 0. The Morgan fingerprint density at radius 2 is 1.00 bits per heavy atom. The van der Waals surface area contributed by atoms with Gasteiger partial charge >= 0.3 is 0 Å². The number of fused-ring (bicyclic) bond motifs is 6. The summed E-state index contributed by atoms with van der Waals surface area (Å²) in [5.74, 6) is 0. The fourth-order valence-electron chi connectivity index (χ4n) is 3.82. The second-order valence-corrected chi connectivity index (χ2v) is 6.68. The van der Waals surface area contributed by atoms with Gasteiger partial charge in [-0.25, -0.2) is 9.98 Å². The Morgan fingerprint density at radius 3 is 1.46 bits per heavy atom. The van der Waals surface area contributed by atoms with Crippen LogP contribution < -0.4 is 34.8 Å². The Balaban J connectivity index is 0.000000150. The zero-order valence-electron chi connectivity index (χ0n) is 15.3. The molecule has 0 spiro atoms. The van der Waals surface area contributed by atoms with Gasteiger partial charge in [-0.3, -0.25) is 0 Å². The minimum atomic E-state index is 0. The standard InChI is InChI=1S/2C12H9N.2ClH/c2*1-3-7-11-9(5-1)10-6-2-4-8-12(10)13-11;;/h2*1,3-8H,2H2;2*1H. The molecule has 140 valence electrons. The third-order valence-corrected chi connectivity index (χ3v) is 5.04. The first-order valence-corrected chi connectivity index (χ1v) is 9.11. The molecule has 0 atom stereocenters. The minimum Gasteiger partial charge on any atom is -1.00 e. The molecule has 2 nitrogen and oxygen atoms in total. The first-order chi connectivity index (χ1) is 12.9. The van der Waals surface area contributed by atoms with Gasteiger partial charge < -0.3 is 24.8 Å². The van der Waals surface area contributed by atoms with Crippen molar-refractivity contribution in [1.29, 1.82) is 0 Å². The average molecular weight is 407 g/mol. The van der Waals surface area contributed by atoms with Crippen molar-refractivity contribution >= 4 is 33.9 Å². The van der Waals surface area contributed by atoms with E-state index in [0.29, 0.717) is 0 Å². The molecule has 0 fully saturated rings. The number of rotatable bonds is 0. The van der Waals surface area contributed by atoms with E-state index in [0.717, 1.165) is 12.8 Å². The molecule has 0 radical (unpaired) electrons. The summed E-state index contributed by atoms with van der Waals surface area (Å²) in [5, 5.41) is 0. The van der Waals surface area contributed by atoms with Gasteiger partial charge in [0, 0.05) is 24.3 Å². The van der Waals surface area contributed by atoms with Gasteiger partial charge in [0.25, 0.3) is 0 Å². The first-order valence-electron chi connectivity index (χ1n) is 9.11. The van der Waals surface area contributed by atoms with Crippen LogP contribution in [-0.2, 0) is 0 Å². The number of hydrogen-bond donors (Lipinski definition) is 2. The van der Waals surface area contributed by atoms with E-state index in [2.05, 4.69) is 95.0 Å². The predicted molar refractivity (Wildman–Crippen MR) is 108 cm³/mol. The van der Waals surface area contributed by atoms with Gasteiger partial charge in [-0.1, -0.05) is 48.6 Å². The summed E-state index contributed by atoms with van der Waals surface area (Å²) in [4.78, 5) is 6.80. The molecular weight excluding hydrogens is 387 g/mol. The predicted octanol–water partition coefficient (Wildman–Crippen LogP) is -3.60. The molecule has 0 aromatic heterocycles. The molecule has 2 aromatic rings. The van der Waals surface area contributed by atoms with E-state index in [-0.39, 0.29) is 24.8 Å². The third kappa shape index (κ3) is 3.54. The Bertz CT molecular complexity index is 998. The van der Waals surface area contributed by atoms with Crippen LogP contribution >= 0.6 is 0 Å². The molecule has 2 N–H and O–H groups in total. The van der Waals surface area contributed by atoms with Crippen LogP contribution in [0.15, 0.2) is 85.0 Å². The van der Waals surface area contributed by atoms with Gasteiger partial charge in [-0.05, 0) is 25.0 Å². The van der Waals surface area contributed by atoms with Crippen molar-refractivity contribution in [2.24, 2.45) is 0 Å². The van der Waals surface area contributed by atoms with Crippen molar-refractivity contribution in [2.45, 2.75) is 12.8 Å². The van der Waals surface area contributed by atoms with Crippen LogP contribution in [0.3, 0.4) is 0 Å². The highest BCUT2D eigenvalue weighted by molar-refractivity contribution is 6.30. The van der Waals surface area contributed by atoms with E-state index in [9.17, 15) is 0 Å². The van der Waals surface area contributed by atoms with E-state index in [1.54, 1.807) is 0 Å². The first kappa shape index (κ1) is 20.1. The minimum absolute atomic E-state index is 0. The van der Waals surface area contributed by atoms with E-state index in [1.165, 1.54) is 45.1 Å². The molecule has 4 heteroatoms. The molecule has 2 aromatic carbocycles. The van der Waals surface area contributed by atoms with Crippen LogP contribution in [-0.4, -0.2) is 11.4 Å². The van der Waals surface area contributed by atoms with Crippen molar-refractivity contribution in [2.75, 3.05) is 0 Å². The van der Waals surface area contributed by atoms with Crippen molar-refractivity contribution < 1.29 is 34.8 Å². The lowest BCUT2D eigenvalue weighted by molar-refractivity contribution is -0.348. The highest BCUT2D eigenvalue weighted by Gasteiger charge is 2.26. The summed E-state index contributed by atoms with van der Waals surface area (Å²) in [6, 6.07) is 16.9. The number of para-hydroxylation sites is 2. The highest BCUT2D eigenvalue weighted by atomic mass is 35.5. The largest absolute Gasteiger partial charge is 1.00 e. The Kier molecular flexibility index (Phi) is 6.13. The monoisotopic (exact) mass is 406 g/mol. The summed E-state index contributed by atoms with van der Waals surface area (Å²) in [5.41, 5.74) is 10.3. The lowest BCUT2D eigenvalue weighted by atomic mass is 9.98. The maximum Gasteiger partial charge on any atom is 0.212 e. The summed E-state index contributed by atoms with van der Waals surface area (Å²) < 4.78 is 0. The van der Waals surface area contributed by atoms with Crippen LogP contribution in [0.4, 0.5) is 11.4 Å². The molecule has 0 bridgehead atoms. The maximum atomic E-state index is 3.40. The van der Waals surface area contributed by atoms with Crippen molar-refractivity contribution in [3.8, 4) is 0 Å². The van der Waals surface area contributed by atoms with Crippen LogP contribution in [0.2, 0.25) is 0 Å². The number of hydrogen-bond acceptors (Lipinski definition) is 0. The normalized spacial score (nSPS) is 16.3. The average Bonchev–Trinajstić information content (AvgIpc) is 3.27. The molecule has 28 heavy (non-hydrogen) atoms. The SMILES string of the molecule is C1=CC2=[NH+]c3ccccc3C2=CC1.C1=CC2=[NH+]c3ccccc3C2=CC1.[Cl-].[Cl-]. The molecule has 2 heterocycles. The fraction of sp³-hybridized carbons (Fsp3) is 0.0833. The lowest BCUT2D eigenvalue weighted by Crippen LogP contribution is -3.00. The molecule has 0 saturated carbocycles. The number of halogens is 2. The van der Waals surface area contributed by atoms with Crippen LogP contribution in [0.1, 0.15) is 24.0 Å². The quantitative estimate of drug-likeness (QED) is 0.452. The molecular formula is C24H20Cl2N2. The Morgan fingerprint density at radius 1 is 0.571 bits per heavy atom.